The number of amides is 2. The number of carbonyl (C=O) groups is 2. The molecule has 0 saturated carbocycles. The first kappa shape index (κ1) is 20.7. The lowest BCUT2D eigenvalue weighted by Gasteiger charge is -2.35. The van der Waals surface area contributed by atoms with Crippen LogP contribution in [0.5, 0.6) is 0 Å². The van der Waals surface area contributed by atoms with E-state index in [2.05, 4.69) is 15.1 Å². The van der Waals surface area contributed by atoms with E-state index < -0.39 is 0 Å². The Kier molecular flexibility index (Phi) is 7.76. The van der Waals surface area contributed by atoms with E-state index in [1.54, 1.807) is 12.1 Å². The number of hydrogen-bond donors (Lipinski definition) is 1. The minimum absolute atomic E-state index is 0.0000419. The summed E-state index contributed by atoms with van der Waals surface area (Å²) in [7, 11) is 0. The van der Waals surface area contributed by atoms with Crippen molar-refractivity contribution in [3.8, 4) is 0 Å². The molecule has 1 N–H and O–H groups in total. The van der Waals surface area contributed by atoms with Crippen LogP contribution in [0.2, 0.25) is 0 Å². The van der Waals surface area contributed by atoms with Gasteiger partial charge in [-0.3, -0.25) is 19.4 Å². The van der Waals surface area contributed by atoms with Crippen molar-refractivity contribution in [2.24, 2.45) is 0 Å². The van der Waals surface area contributed by atoms with Crippen molar-refractivity contribution in [1.82, 2.24) is 20.0 Å². The zero-order valence-corrected chi connectivity index (χ0v) is 16.2. The van der Waals surface area contributed by atoms with Gasteiger partial charge in [-0.2, -0.15) is 0 Å². The fraction of sp³-hybridized carbons (Fsp3) is 0.600. The highest BCUT2D eigenvalue weighted by atomic mass is 19.1. The van der Waals surface area contributed by atoms with Crippen LogP contribution >= 0.6 is 0 Å². The summed E-state index contributed by atoms with van der Waals surface area (Å²) < 4.78 is 18.2. The van der Waals surface area contributed by atoms with Gasteiger partial charge in [0.25, 0.3) is 0 Å². The Morgan fingerprint density at radius 3 is 2.18 bits per heavy atom. The SMILES string of the molecule is O=C(CN1CCN(CC(=O)N2CCOCC2)CC1)NCCc1ccc(F)cc1. The highest BCUT2D eigenvalue weighted by Gasteiger charge is 2.23. The molecule has 0 atom stereocenters. The maximum Gasteiger partial charge on any atom is 0.236 e. The molecule has 8 heteroatoms. The molecular formula is C20H29FN4O3. The van der Waals surface area contributed by atoms with E-state index in [0.29, 0.717) is 52.4 Å². The molecule has 154 valence electrons. The van der Waals surface area contributed by atoms with Crippen LogP contribution in [0.1, 0.15) is 5.56 Å². The Labute approximate surface area is 165 Å². The zero-order chi connectivity index (χ0) is 19.8. The number of rotatable bonds is 7. The number of halogens is 1. The third kappa shape index (κ3) is 6.54. The molecule has 1 aromatic carbocycles. The van der Waals surface area contributed by atoms with E-state index in [1.807, 2.05) is 4.90 Å². The molecule has 0 bridgehead atoms. The van der Waals surface area contributed by atoms with Crippen molar-refractivity contribution in [2.45, 2.75) is 6.42 Å². The van der Waals surface area contributed by atoms with Gasteiger partial charge in [-0.15, -0.1) is 0 Å². The summed E-state index contributed by atoms with van der Waals surface area (Å²) in [5.74, 6) is -0.0891. The summed E-state index contributed by atoms with van der Waals surface area (Å²) in [5, 5.41) is 2.92. The largest absolute Gasteiger partial charge is 0.378 e. The van der Waals surface area contributed by atoms with Crippen LogP contribution in [0.25, 0.3) is 0 Å². The highest BCUT2D eigenvalue weighted by molar-refractivity contribution is 5.78. The quantitative estimate of drug-likeness (QED) is 0.706. The van der Waals surface area contributed by atoms with Crippen molar-refractivity contribution in [2.75, 3.05) is 72.1 Å². The molecule has 2 aliphatic rings. The van der Waals surface area contributed by atoms with E-state index in [1.165, 1.54) is 12.1 Å². The van der Waals surface area contributed by atoms with Crippen LogP contribution in [-0.4, -0.2) is 98.6 Å². The number of benzene rings is 1. The molecular weight excluding hydrogens is 363 g/mol. The number of hydrogen-bond acceptors (Lipinski definition) is 5. The monoisotopic (exact) mass is 392 g/mol. The molecule has 0 aromatic heterocycles. The standard InChI is InChI=1S/C20H29FN4O3/c21-18-3-1-17(2-4-18)5-6-22-19(26)15-23-7-9-24(10-8-23)16-20(27)25-11-13-28-14-12-25/h1-4H,5-16H2,(H,22,26). The Hall–Kier alpha value is -2.03. The first-order valence-corrected chi connectivity index (χ1v) is 9.91. The van der Waals surface area contributed by atoms with Crippen molar-refractivity contribution >= 4 is 11.8 Å². The molecule has 2 heterocycles. The van der Waals surface area contributed by atoms with E-state index in [9.17, 15) is 14.0 Å². The summed E-state index contributed by atoms with van der Waals surface area (Å²) in [6.45, 7) is 7.09. The predicted octanol–water partition coefficient (Wildman–Crippen LogP) is -0.0392. The van der Waals surface area contributed by atoms with E-state index in [-0.39, 0.29) is 17.6 Å². The average molecular weight is 392 g/mol. The molecule has 2 amide bonds. The number of nitrogens with zero attached hydrogens (tertiary/aromatic N) is 3. The van der Waals surface area contributed by atoms with Crippen molar-refractivity contribution in [3.05, 3.63) is 35.6 Å². The highest BCUT2D eigenvalue weighted by Crippen LogP contribution is 2.05. The summed E-state index contributed by atoms with van der Waals surface area (Å²) in [6, 6.07) is 6.33. The van der Waals surface area contributed by atoms with Gasteiger partial charge in [0.1, 0.15) is 5.82 Å². The second-order valence-electron chi connectivity index (χ2n) is 7.27. The van der Waals surface area contributed by atoms with Crippen LogP contribution in [-0.2, 0) is 20.7 Å². The Bertz CT molecular complexity index is 641. The first-order valence-electron chi connectivity index (χ1n) is 9.91. The lowest BCUT2D eigenvalue weighted by Crippen LogP contribution is -2.53. The van der Waals surface area contributed by atoms with Crippen LogP contribution in [0.4, 0.5) is 4.39 Å². The molecule has 3 rings (SSSR count). The number of ether oxygens (including phenoxy) is 1. The topological polar surface area (TPSA) is 65.1 Å². The normalized spacial score (nSPS) is 18.8. The van der Waals surface area contributed by atoms with Crippen LogP contribution < -0.4 is 5.32 Å². The average Bonchev–Trinajstić information content (AvgIpc) is 2.71. The van der Waals surface area contributed by atoms with Crippen molar-refractivity contribution < 1.29 is 18.7 Å². The van der Waals surface area contributed by atoms with Crippen LogP contribution in [0.15, 0.2) is 24.3 Å². The lowest BCUT2D eigenvalue weighted by atomic mass is 10.1. The lowest BCUT2D eigenvalue weighted by molar-refractivity contribution is -0.137. The molecule has 2 aliphatic heterocycles. The molecule has 7 nitrogen and oxygen atoms in total. The molecule has 1 aromatic rings. The fourth-order valence-corrected chi connectivity index (χ4v) is 3.47. The van der Waals surface area contributed by atoms with Gasteiger partial charge in [-0.1, -0.05) is 12.1 Å². The van der Waals surface area contributed by atoms with Gasteiger partial charge >= 0.3 is 0 Å². The van der Waals surface area contributed by atoms with Gasteiger partial charge in [0, 0.05) is 45.8 Å². The Morgan fingerprint density at radius 2 is 1.54 bits per heavy atom. The molecule has 2 fully saturated rings. The summed E-state index contributed by atoms with van der Waals surface area (Å²) >= 11 is 0. The summed E-state index contributed by atoms with van der Waals surface area (Å²) in [5.41, 5.74) is 1.00. The minimum atomic E-state index is -0.251. The van der Waals surface area contributed by atoms with Crippen molar-refractivity contribution in [3.63, 3.8) is 0 Å². The Morgan fingerprint density at radius 1 is 0.929 bits per heavy atom. The number of piperazine rings is 1. The summed E-state index contributed by atoms with van der Waals surface area (Å²) in [6.07, 6.45) is 0.684. The molecule has 0 spiro atoms. The molecule has 0 radical (unpaired) electrons. The van der Waals surface area contributed by atoms with Crippen LogP contribution in [0, 0.1) is 5.82 Å². The smallest absolute Gasteiger partial charge is 0.236 e. The van der Waals surface area contributed by atoms with Gasteiger partial charge in [-0.05, 0) is 24.1 Å². The summed E-state index contributed by atoms with van der Waals surface area (Å²) in [4.78, 5) is 30.6. The fourth-order valence-electron chi connectivity index (χ4n) is 3.47. The second-order valence-corrected chi connectivity index (χ2v) is 7.27. The van der Waals surface area contributed by atoms with Gasteiger partial charge in [0.15, 0.2) is 0 Å². The molecule has 0 unspecified atom stereocenters. The number of morpholine rings is 1. The van der Waals surface area contributed by atoms with E-state index in [0.717, 1.165) is 31.7 Å². The second kappa shape index (κ2) is 10.5. The maximum absolute atomic E-state index is 12.9. The van der Waals surface area contributed by atoms with Crippen molar-refractivity contribution in [1.29, 1.82) is 0 Å². The number of carbonyl (C=O) groups excluding carboxylic acids is 2. The Balaban J connectivity index is 1.29. The third-order valence-electron chi connectivity index (χ3n) is 5.20. The zero-order valence-electron chi connectivity index (χ0n) is 16.2. The van der Waals surface area contributed by atoms with Gasteiger partial charge in [0.2, 0.25) is 11.8 Å². The van der Waals surface area contributed by atoms with E-state index in [4.69, 9.17) is 4.74 Å². The third-order valence-corrected chi connectivity index (χ3v) is 5.20. The van der Waals surface area contributed by atoms with Gasteiger partial charge < -0.3 is 15.0 Å². The molecule has 2 saturated heterocycles. The maximum atomic E-state index is 12.9. The van der Waals surface area contributed by atoms with Gasteiger partial charge in [0.05, 0.1) is 26.3 Å². The first-order chi connectivity index (χ1) is 13.6. The van der Waals surface area contributed by atoms with Gasteiger partial charge in [-0.25, -0.2) is 4.39 Å². The number of nitrogens with one attached hydrogen (secondary N) is 1. The molecule has 28 heavy (non-hydrogen) atoms. The predicted molar refractivity (Wildman–Crippen MR) is 103 cm³/mol. The minimum Gasteiger partial charge on any atom is -0.378 e. The van der Waals surface area contributed by atoms with E-state index >= 15 is 0 Å². The van der Waals surface area contributed by atoms with Crippen LogP contribution in [0.3, 0.4) is 0 Å². The molecule has 0 aliphatic carbocycles.